The highest BCUT2D eigenvalue weighted by atomic mass is 16.4. The van der Waals surface area contributed by atoms with Gasteiger partial charge in [0.05, 0.1) is 0 Å². The molecule has 0 radical (unpaired) electrons. The van der Waals surface area contributed by atoms with Crippen molar-refractivity contribution in [2.45, 2.75) is 19.4 Å². The molecule has 2 rings (SSSR count). The number of carboxylic acids is 1. The van der Waals surface area contributed by atoms with Gasteiger partial charge >= 0.3 is 5.97 Å². The third kappa shape index (κ3) is 5.23. The first-order valence-electron chi connectivity index (χ1n) is 7.74. The number of rotatable bonds is 6. The van der Waals surface area contributed by atoms with E-state index in [9.17, 15) is 24.6 Å². The van der Waals surface area contributed by atoms with Crippen LogP contribution in [0.3, 0.4) is 0 Å². The van der Waals surface area contributed by atoms with E-state index in [4.69, 9.17) is 5.73 Å². The molecule has 0 aliphatic rings. The summed E-state index contributed by atoms with van der Waals surface area (Å²) in [5.74, 6) is -2.08. The Bertz CT molecular complexity index is 833. The number of phenols is 1. The molecule has 0 fully saturated rings. The first kappa shape index (κ1) is 18.8. The van der Waals surface area contributed by atoms with Crippen LogP contribution in [0.25, 0.3) is 0 Å². The molecule has 2 aromatic rings. The lowest BCUT2D eigenvalue weighted by Gasteiger charge is -2.15. The van der Waals surface area contributed by atoms with Gasteiger partial charge < -0.3 is 26.6 Å². The number of amides is 2. The highest BCUT2D eigenvalue weighted by molar-refractivity contribution is 5.99. The lowest BCUT2D eigenvalue weighted by molar-refractivity contribution is -0.139. The van der Waals surface area contributed by atoms with E-state index in [1.165, 1.54) is 37.3 Å². The Morgan fingerprint density at radius 2 is 1.77 bits per heavy atom. The Morgan fingerprint density at radius 3 is 2.35 bits per heavy atom. The Morgan fingerprint density at radius 1 is 1.12 bits per heavy atom. The van der Waals surface area contributed by atoms with E-state index in [0.717, 1.165) is 0 Å². The standard InChI is InChI=1S/C18H19N3O5/c1-10(22)20-14-8-12(7-13(19)9-14)17(24)21-16(18(25)26)6-11-2-4-15(23)5-3-11/h2-5,7-9,16,23H,6,19H2,1H3,(H,20,22)(H,21,24)(H,25,26). The molecule has 0 aliphatic carbocycles. The number of aliphatic carboxylic acids is 1. The number of carbonyl (C=O) groups excluding carboxylic acids is 2. The summed E-state index contributed by atoms with van der Waals surface area (Å²) < 4.78 is 0. The van der Waals surface area contributed by atoms with Gasteiger partial charge in [-0.2, -0.15) is 0 Å². The number of nitrogens with two attached hydrogens (primary N) is 1. The normalized spacial score (nSPS) is 11.4. The molecule has 1 atom stereocenters. The summed E-state index contributed by atoms with van der Waals surface area (Å²) in [7, 11) is 0. The van der Waals surface area contributed by atoms with Crippen LogP contribution in [0, 0.1) is 0 Å². The molecule has 8 heteroatoms. The molecule has 0 bridgehead atoms. The van der Waals surface area contributed by atoms with Crippen LogP contribution < -0.4 is 16.4 Å². The van der Waals surface area contributed by atoms with Gasteiger partial charge in [0, 0.05) is 30.3 Å². The fraction of sp³-hybridized carbons (Fsp3) is 0.167. The fourth-order valence-electron chi connectivity index (χ4n) is 2.37. The van der Waals surface area contributed by atoms with Crippen molar-refractivity contribution in [2.24, 2.45) is 0 Å². The van der Waals surface area contributed by atoms with Gasteiger partial charge in [0.1, 0.15) is 11.8 Å². The monoisotopic (exact) mass is 357 g/mol. The largest absolute Gasteiger partial charge is 0.508 e. The predicted molar refractivity (Wildman–Crippen MR) is 95.9 cm³/mol. The number of phenolic OH excluding ortho intramolecular Hbond substituents is 1. The third-order valence-corrected chi connectivity index (χ3v) is 3.52. The number of hydrogen-bond acceptors (Lipinski definition) is 5. The maximum atomic E-state index is 12.4. The van der Waals surface area contributed by atoms with E-state index in [1.807, 2.05) is 0 Å². The molecule has 8 nitrogen and oxygen atoms in total. The van der Waals surface area contributed by atoms with Crippen molar-refractivity contribution in [2.75, 3.05) is 11.1 Å². The summed E-state index contributed by atoms with van der Waals surface area (Å²) in [6.45, 7) is 1.32. The van der Waals surface area contributed by atoms with E-state index in [1.54, 1.807) is 12.1 Å². The molecular formula is C18H19N3O5. The zero-order valence-corrected chi connectivity index (χ0v) is 14.0. The van der Waals surface area contributed by atoms with Gasteiger partial charge in [-0.25, -0.2) is 4.79 Å². The van der Waals surface area contributed by atoms with E-state index in [2.05, 4.69) is 10.6 Å². The smallest absolute Gasteiger partial charge is 0.326 e. The molecule has 136 valence electrons. The van der Waals surface area contributed by atoms with Crippen molar-refractivity contribution in [3.63, 3.8) is 0 Å². The SMILES string of the molecule is CC(=O)Nc1cc(N)cc(C(=O)NC(Cc2ccc(O)cc2)C(=O)O)c1. The average molecular weight is 357 g/mol. The minimum absolute atomic E-state index is 0.0439. The van der Waals surface area contributed by atoms with Crippen molar-refractivity contribution in [1.82, 2.24) is 5.32 Å². The third-order valence-electron chi connectivity index (χ3n) is 3.52. The van der Waals surface area contributed by atoms with Crippen molar-refractivity contribution in [3.05, 3.63) is 53.6 Å². The Labute approximate surface area is 149 Å². The number of aromatic hydroxyl groups is 1. The van der Waals surface area contributed by atoms with Crippen molar-refractivity contribution >= 4 is 29.2 Å². The van der Waals surface area contributed by atoms with E-state index >= 15 is 0 Å². The highest BCUT2D eigenvalue weighted by Gasteiger charge is 2.21. The summed E-state index contributed by atoms with van der Waals surface area (Å²) in [6.07, 6.45) is 0.0439. The summed E-state index contributed by atoms with van der Waals surface area (Å²) in [6, 6.07) is 9.15. The maximum Gasteiger partial charge on any atom is 0.326 e. The van der Waals surface area contributed by atoms with Crippen LogP contribution >= 0.6 is 0 Å². The lowest BCUT2D eigenvalue weighted by Crippen LogP contribution is -2.42. The van der Waals surface area contributed by atoms with Gasteiger partial charge in [-0.1, -0.05) is 12.1 Å². The van der Waals surface area contributed by atoms with Crippen LogP contribution in [0.15, 0.2) is 42.5 Å². The minimum atomic E-state index is -1.20. The Balaban J connectivity index is 2.16. The number of nitrogen functional groups attached to an aromatic ring is 1. The fourth-order valence-corrected chi connectivity index (χ4v) is 2.37. The van der Waals surface area contributed by atoms with Crippen LogP contribution in [0.2, 0.25) is 0 Å². The van der Waals surface area contributed by atoms with Gasteiger partial charge in [-0.05, 0) is 35.9 Å². The molecule has 0 aliphatic heterocycles. The van der Waals surface area contributed by atoms with Crippen molar-refractivity contribution in [1.29, 1.82) is 0 Å². The molecule has 2 aromatic carbocycles. The zero-order chi connectivity index (χ0) is 19.3. The average Bonchev–Trinajstić information content (AvgIpc) is 2.54. The van der Waals surface area contributed by atoms with E-state index < -0.39 is 17.9 Å². The topological polar surface area (TPSA) is 142 Å². The van der Waals surface area contributed by atoms with Crippen LogP contribution in [0.4, 0.5) is 11.4 Å². The summed E-state index contributed by atoms with van der Waals surface area (Å²) in [4.78, 5) is 35.0. The van der Waals surface area contributed by atoms with Crippen LogP contribution in [0.1, 0.15) is 22.8 Å². The molecule has 26 heavy (non-hydrogen) atoms. The Hall–Kier alpha value is -3.55. The van der Waals surface area contributed by atoms with E-state index in [-0.39, 0.29) is 29.3 Å². The molecular weight excluding hydrogens is 338 g/mol. The molecule has 0 spiro atoms. The number of benzene rings is 2. The molecule has 0 saturated carbocycles. The number of hydrogen-bond donors (Lipinski definition) is 5. The van der Waals surface area contributed by atoms with Gasteiger partial charge in [0.15, 0.2) is 0 Å². The van der Waals surface area contributed by atoms with Gasteiger partial charge in [-0.3, -0.25) is 9.59 Å². The quantitative estimate of drug-likeness (QED) is 0.494. The molecule has 2 amide bonds. The van der Waals surface area contributed by atoms with Crippen LogP contribution in [0.5, 0.6) is 5.75 Å². The molecule has 6 N–H and O–H groups in total. The van der Waals surface area contributed by atoms with Crippen molar-refractivity contribution in [3.8, 4) is 5.75 Å². The van der Waals surface area contributed by atoms with Crippen molar-refractivity contribution < 1.29 is 24.6 Å². The van der Waals surface area contributed by atoms with Gasteiger partial charge in [-0.15, -0.1) is 0 Å². The predicted octanol–water partition coefficient (Wildman–Crippen LogP) is 1.36. The molecule has 0 aromatic heterocycles. The van der Waals surface area contributed by atoms with Gasteiger partial charge in [0.2, 0.25) is 5.91 Å². The molecule has 1 unspecified atom stereocenters. The number of carbonyl (C=O) groups is 3. The highest BCUT2D eigenvalue weighted by Crippen LogP contribution is 2.17. The number of anilines is 2. The maximum absolute atomic E-state index is 12.4. The zero-order valence-electron chi connectivity index (χ0n) is 14.0. The second kappa shape index (κ2) is 8.02. The van der Waals surface area contributed by atoms with Crippen LogP contribution in [-0.2, 0) is 16.0 Å². The van der Waals surface area contributed by atoms with Gasteiger partial charge in [0.25, 0.3) is 5.91 Å². The molecule has 0 heterocycles. The second-order valence-corrected chi connectivity index (χ2v) is 5.76. The summed E-state index contributed by atoms with van der Waals surface area (Å²) in [5.41, 5.74) is 7.10. The summed E-state index contributed by atoms with van der Waals surface area (Å²) in [5, 5.41) is 23.6. The number of carboxylic acid groups (broad SMARTS) is 1. The molecule has 0 saturated heterocycles. The first-order valence-corrected chi connectivity index (χ1v) is 7.74. The Kier molecular flexibility index (Phi) is 5.79. The lowest BCUT2D eigenvalue weighted by atomic mass is 10.0. The summed E-state index contributed by atoms with van der Waals surface area (Å²) >= 11 is 0. The van der Waals surface area contributed by atoms with Crippen LogP contribution in [-0.4, -0.2) is 34.0 Å². The van der Waals surface area contributed by atoms with E-state index in [0.29, 0.717) is 11.3 Å². The first-order chi connectivity index (χ1) is 12.2. The number of nitrogens with one attached hydrogen (secondary N) is 2. The minimum Gasteiger partial charge on any atom is -0.508 e. The second-order valence-electron chi connectivity index (χ2n) is 5.76.